The molecule has 41 heavy (non-hydrogen) atoms. The molecule has 8 nitrogen and oxygen atoms in total. The maximum Gasteiger partial charge on any atom is 0.223 e. The van der Waals surface area contributed by atoms with Gasteiger partial charge in [-0.2, -0.15) is 0 Å². The van der Waals surface area contributed by atoms with Crippen LogP contribution < -0.4 is 10.1 Å². The number of carbonyl (C=O) groups excluding carboxylic acids is 2. The molecule has 1 amide bonds. The Morgan fingerprint density at radius 1 is 1.15 bits per heavy atom. The van der Waals surface area contributed by atoms with E-state index in [0.717, 1.165) is 85.9 Å². The van der Waals surface area contributed by atoms with Crippen LogP contribution in [0.5, 0.6) is 5.88 Å². The van der Waals surface area contributed by atoms with Crippen LogP contribution in [-0.2, 0) is 9.59 Å². The van der Waals surface area contributed by atoms with E-state index in [1.807, 2.05) is 37.4 Å². The first kappa shape index (κ1) is 29.2. The van der Waals surface area contributed by atoms with Crippen molar-refractivity contribution in [2.75, 3.05) is 26.7 Å². The molecule has 1 aromatic carbocycles. The molecule has 2 aliphatic rings. The van der Waals surface area contributed by atoms with Gasteiger partial charge in [-0.25, -0.2) is 9.97 Å². The molecule has 1 saturated heterocycles. The fourth-order valence-corrected chi connectivity index (χ4v) is 6.62. The highest BCUT2D eigenvalue weighted by atomic mass is 16.5. The Kier molecular flexibility index (Phi) is 9.38. The zero-order chi connectivity index (χ0) is 28.8. The predicted molar refractivity (Wildman–Crippen MR) is 162 cm³/mol. The summed E-state index contributed by atoms with van der Waals surface area (Å²) in [7, 11) is 1.63. The maximum atomic E-state index is 13.5. The molecule has 3 heterocycles. The first-order valence-electron chi connectivity index (χ1n) is 15.5. The summed E-state index contributed by atoms with van der Waals surface area (Å²) in [4.78, 5) is 40.7. The van der Waals surface area contributed by atoms with Crippen LogP contribution in [0.1, 0.15) is 89.9 Å². The number of unbranched alkanes of at least 4 members (excludes halogenated alkanes) is 2. The molecule has 1 aliphatic heterocycles. The van der Waals surface area contributed by atoms with Crippen molar-refractivity contribution in [1.29, 1.82) is 0 Å². The smallest absolute Gasteiger partial charge is 0.223 e. The number of hydrogen-bond donors (Lipinski definition) is 2. The van der Waals surface area contributed by atoms with E-state index in [1.165, 1.54) is 13.1 Å². The third-order valence-corrected chi connectivity index (χ3v) is 9.24. The van der Waals surface area contributed by atoms with Gasteiger partial charge in [0.05, 0.1) is 36.1 Å². The van der Waals surface area contributed by atoms with Crippen LogP contribution in [0.25, 0.3) is 22.2 Å². The average Bonchev–Trinajstić information content (AvgIpc) is 3.48. The fraction of sp³-hybridized carbons (Fsp3) is 0.576. The number of methoxy groups -OCH3 is 1. The summed E-state index contributed by atoms with van der Waals surface area (Å²) in [6.07, 6.45) is 10.7. The van der Waals surface area contributed by atoms with Gasteiger partial charge in [0, 0.05) is 37.2 Å². The Hall–Kier alpha value is -3.26. The lowest BCUT2D eigenvalue weighted by atomic mass is 9.65. The third-order valence-electron chi connectivity index (χ3n) is 9.24. The molecule has 8 heteroatoms. The summed E-state index contributed by atoms with van der Waals surface area (Å²) in [5, 5.41) is 4.39. The monoisotopic (exact) mass is 559 g/mol. The molecular weight excluding hydrogens is 514 g/mol. The molecule has 3 aromatic rings. The van der Waals surface area contributed by atoms with Gasteiger partial charge in [0.2, 0.25) is 11.8 Å². The van der Waals surface area contributed by atoms with Crippen molar-refractivity contribution >= 4 is 22.6 Å². The number of H-pyrrole nitrogens is 1. The van der Waals surface area contributed by atoms with Crippen LogP contribution in [0.2, 0.25) is 0 Å². The van der Waals surface area contributed by atoms with Crippen LogP contribution in [0.4, 0.5) is 0 Å². The number of rotatable bonds is 13. The van der Waals surface area contributed by atoms with Crippen molar-refractivity contribution in [3.63, 3.8) is 0 Å². The van der Waals surface area contributed by atoms with E-state index in [2.05, 4.69) is 33.2 Å². The van der Waals surface area contributed by atoms with Gasteiger partial charge >= 0.3 is 0 Å². The summed E-state index contributed by atoms with van der Waals surface area (Å²) in [6.45, 7) is 7.62. The predicted octanol–water partition coefficient (Wildman–Crippen LogP) is 6.23. The van der Waals surface area contributed by atoms with Crippen LogP contribution in [0.3, 0.4) is 0 Å². The molecule has 2 fully saturated rings. The van der Waals surface area contributed by atoms with Gasteiger partial charge in [0.1, 0.15) is 11.6 Å². The summed E-state index contributed by atoms with van der Waals surface area (Å²) in [6, 6.07) is 9.81. The van der Waals surface area contributed by atoms with Crippen molar-refractivity contribution < 1.29 is 14.3 Å². The molecule has 0 unspecified atom stereocenters. The number of nitrogens with one attached hydrogen (secondary N) is 2. The normalized spacial score (nSPS) is 17.8. The lowest BCUT2D eigenvalue weighted by molar-refractivity contribution is -0.129. The first-order chi connectivity index (χ1) is 19.9. The maximum absolute atomic E-state index is 13.5. The molecular formula is C33H45N5O3. The van der Waals surface area contributed by atoms with E-state index in [-0.39, 0.29) is 17.9 Å². The molecule has 0 bridgehead atoms. The Morgan fingerprint density at radius 3 is 2.66 bits per heavy atom. The minimum atomic E-state index is -0.215. The van der Waals surface area contributed by atoms with E-state index >= 15 is 0 Å². The number of pyridine rings is 1. The van der Waals surface area contributed by atoms with Gasteiger partial charge in [-0.15, -0.1) is 0 Å². The highest BCUT2D eigenvalue weighted by Gasteiger charge is 2.45. The van der Waals surface area contributed by atoms with E-state index < -0.39 is 0 Å². The number of ether oxygens (including phenoxy) is 1. The SMILES string of the molecule is CCC(=O)CCCCC[C@H](NC(=O)C1CCC2(CC1)CN(CC)C2)c1ncc(-c2cc3ccccc3nc2OC)[nH]1. The topological polar surface area (TPSA) is 100 Å². The lowest BCUT2D eigenvalue weighted by Crippen LogP contribution is -2.57. The number of hydrogen-bond acceptors (Lipinski definition) is 6. The Labute approximate surface area is 243 Å². The minimum Gasteiger partial charge on any atom is -0.480 e. The number of para-hydroxylation sites is 1. The molecule has 1 saturated carbocycles. The minimum absolute atomic E-state index is 0.0557. The molecule has 2 N–H and O–H groups in total. The van der Waals surface area contributed by atoms with Crippen molar-refractivity contribution in [3.8, 4) is 17.1 Å². The van der Waals surface area contributed by atoms with Gasteiger partial charge in [-0.3, -0.25) is 9.59 Å². The molecule has 1 atom stereocenters. The highest BCUT2D eigenvalue weighted by Crippen LogP contribution is 2.45. The number of benzene rings is 1. The summed E-state index contributed by atoms with van der Waals surface area (Å²) in [5.74, 6) is 1.79. The lowest BCUT2D eigenvalue weighted by Gasteiger charge is -2.53. The third kappa shape index (κ3) is 6.80. The van der Waals surface area contributed by atoms with Crippen molar-refractivity contribution in [3.05, 3.63) is 42.4 Å². The average molecular weight is 560 g/mol. The first-order valence-corrected chi connectivity index (χ1v) is 15.5. The van der Waals surface area contributed by atoms with E-state index in [0.29, 0.717) is 29.9 Å². The van der Waals surface area contributed by atoms with Crippen LogP contribution >= 0.6 is 0 Å². The van der Waals surface area contributed by atoms with E-state index in [9.17, 15) is 9.59 Å². The second kappa shape index (κ2) is 13.1. The molecule has 1 spiro atoms. The zero-order valence-corrected chi connectivity index (χ0v) is 24.9. The molecule has 220 valence electrons. The number of ketones is 1. The number of likely N-dealkylation sites (tertiary alicyclic amines) is 1. The molecule has 2 aromatic heterocycles. The van der Waals surface area contributed by atoms with Gasteiger partial charge < -0.3 is 19.9 Å². The van der Waals surface area contributed by atoms with E-state index in [1.54, 1.807) is 7.11 Å². The van der Waals surface area contributed by atoms with Crippen LogP contribution in [0.15, 0.2) is 36.5 Å². The summed E-state index contributed by atoms with van der Waals surface area (Å²) < 4.78 is 5.63. The Morgan fingerprint density at radius 2 is 1.93 bits per heavy atom. The number of nitrogens with zero attached hydrogens (tertiary/aromatic N) is 3. The summed E-state index contributed by atoms with van der Waals surface area (Å²) >= 11 is 0. The van der Waals surface area contributed by atoms with Crippen molar-refractivity contribution in [2.24, 2.45) is 11.3 Å². The summed E-state index contributed by atoms with van der Waals surface area (Å²) in [5.41, 5.74) is 2.96. The number of amides is 1. The number of aromatic nitrogens is 3. The number of imidazole rings is 1. The van der Waals surface area contributed by atoms with Gasteiger partial charge in [-0.1, -0.05) is 44.9 Å². The zero-order valence-electron chi connectivity index (χ0n) is 24.9. The number of aromatic amines is 1. The fourth-order valence-electron chi connectivity index (χ4n) is 6.62. The highest BCUT2D eigenvalue weighted by molar-refractivity contribution is 5.85. The molecule has 0 radical (unpaired) electrons. The van der Waals surface area contributed by atoms with Gasteiger partial charge in [0.25, 0.3) is 0 Å². The Balaban J connectivity index is 1.28. The van der Waals surface area contributed by atoms with Crippen LogP contribution in [-0.4, -0.2) is 58.3 Å². The Bertz CT molecular complexity index is 1340. The molecule has 5 rings (SSSR count). The number of fused-ring (bicyclic) bond motifs is 1. The van der Waals surface area contributed by atoms with Crippen molar-refractivity contribution in [1.82, 2.24) is 25.2 Å². The number of carbonyl (C=O) groups is 2. The standard InChI is InChI=1S/C33H45N5O3/c1-4-25(39)12-7-6-8-14-28(36-31(40)23-15-17-33(18-16-23)21-38(5-2)22-33)30-34-20-29(35-30)26-19-24-11-9-10-13-27(24)37-32(26)41-3/h9-11,13,19-20,23,28H,4-8,12,14-18,21-22H2,1-3H3,(H,34,35)(H,36,40)/t28-/m0/s1. The molecule has 1 aliphatic carbocycles. The van der Waals surface area contributed by atoms with E-state index in [4.69, 9.17) is 9.72 Å². The largest absolute Gasteiger partial charge is 0.480 e. The van der Waals surface area contributed by atoms with Crippen LogP contribution in [0, 0.1) is 11.3 Å². The second-order valence-electron chi connectivity index (χ2n) is 12.1. The van der Waals surface area contributed by atoms with Gasteiger partial charge in [-0.05, 0) is 62.6 Å². The number of Topliss-reactive ketones (excluding diaryl/α,β-unsaturated/α-hetero) is 1. The quantitative estimate of drug-likeness (QED) is 0.241. The second-order valence-corrected chi connectivity index (χ2v) is 12.1. The van der Waals surface area contributed by atoms with Gasteiger partial charge in [0.15, 0.2) is 0 Å². The van der Waals surface area contributed by atoms with Crippen molar-refractivity contribution in [2.45, 2.75) is 84.1 Å².